The highest BCUT2D eigenvalue weighted by molar-refractivity contribution is 7.89. The van der Waals surface area contributed by atoms with Gasteiger partial charge in [0.25, 0.3) is 0 Å². The molecule has 0 atom stereocenters. The second-order valence-electron chi connectivity index (χ2n) is 5.60. The number of piperazine rings is 1. The third kappa shape index (κ3) is 3.90. The van der Waals surface area contributed by atoms with Gasteiger partial charge in [0.1, 0.15) is 4.90 Å². The molecule has 2 heterocycles. The first-order valence-electron chi connectivity index (χ1n) is 7.53. The molecule has 8 heteroatoms. The van der Waals surface area contributed by atoms with Crippen molar-refractivity contribution in [1.82, 2.24) is 14.2 Å². The Hall–Kier alpha value is -1.18. The summed E-state index contributed by atoms with van der Waals surface area (Å²) in [5.41, 5.74) is 0.990. The first-order chi connectivity index (χ1) is 11.5. The maximum absolute atomic E-state index is 12.6. The monoisotopic (exact) mass is 385 g/mol. The molecule has 1 aliphatic rings. The highest BCUT2D eigenvalue weighted by Crippen LogP contribution is 2.23. The fraction of sp³-hybridized carbons (Fsp3) is 0.312. The summed E-state index contributed by atoms with van der Waals surface area (Å²) in [6.45, 7) is 2.87. The first kappa shape index (κ1) is 17.6. The molecule has 3 rings (SSSR count). The number of pyridine rings is 1. The molecule has 0 spiro atoms. The van der Waals surface area contributed by atoms with Crippen molar-refractivity contribution in [3.05, 3.63) is 58.3 Å². The van der Waals surface area contributed by atoms with E-state index in [1.165, 1.54) is 10.5 Å². The van der Waals surface area contributed by atoms with Crippen LogP contribution in [0.4, 0.5) is 0 Å². The molecule has 1 saturated heterocycles. The Balaban J connectivity index is 1.64. The number of sulfonamides is 1. The maximum atomic E-state index is 12.6. The van der Waals surface area contributed by atoms with Crippen LogP contribution >= 0.6 is 23.2 Å². The van der Waals surface area contributed by atoms with Gasteiger partial charge in [-0.3, -0.25) is 9.88 Å². The molecule has 24 heavy (non-hydrogen) atoms. The molecule has 5 nitrogen and oxygen atoms in total. The maximum Gasteiger partial charge on any atom is 0.244 e. The second-order valence-corrected chi connectivity index (χ2v) is 8.39. The summed E-state index contributed by atoms with van der Waals surface area (Å²) in [7, 11) is -3.47. The molecular weight excluding hydrogens is 369 g/mol. The van der Waals surface area contributed by atoms with Crippen LogP contribution in [-0.2, 0) is 16.6 Å². The lowest BCUT2D eigenvalue weighted by atomic mass is 10.2. The third-order valence-corrected chi connectivity index (χ3v) is 6.48. The van der Waals surface area contributed by atoms with Gasteiger partial charge in [-0.25, -0.2) is 8.42 Å². The summed E-state index contributed by atoms with van der Waals surface area (Å²) in [4.78, 5) is 6.31. The third-order valence-electron chi connectivity index (χ3n) is 4.01. The van der Waals surface area contributed by atoms with Crippen LogP contribution in [0, 0.1) is 0 Å². The van der Waals surface area contributed by atoms with Gasteiger partial charge in [0.05, 0.1) is 0 Å². The minimum absolute atomic E-state index is 0.235. The Morgan fingerprint density at radius 1 is 1.08 bits per heavy atom. The Kier molecular flexibility index (Phi) is 5.42. The van der Waals surface area contributed by atoms with Crippen LogP contribution in [0.25, 0.3) is 0 Å². The molecule has 1 fully saturated rings. The van der Waals surface area contributed by atoms with Gasteiger partial charge in [0.15, 0.2) is 0 Å². The molecule has 128 valence electrons. The van der Waals surface area contributed by atoms with Crippen molar-refractivity contribution >= 4 is 33.2 Å². The van der Waals surface area contributed by atoms with Crippen LogP contribution in [0.2, 0.25) is 10.0 Å². The van der Waals surface area contributed by atoms with Crippen molar-refractivity contribution in [2.75, 3.05) is 26.2 Å². The summed E-state index contributed by atoms with van der Waals surface area (Å²) < 4.78 is 26.7. The summed E-state index contributed by atoms with van der Waals surface area (Å²) >= 11 is 12.1. The number of rotatable bonds is 4. The lowest BCUT2D eigenvalue weighted by Gasteiger charge is -2.34. The van der Waals surface area contributed by atoms with E-state index in [-0.39, 0.29) is 4.90 Å². The number of benzene rings is 1. The fourth-order valence-electron chi connectivity index (χ4n) is 2.67. The molecule has 1 aliphatic heterocycles. The van der Waals surface area contributed by atoms with Gasteiger partial charge in [-0.1, -0.05) is 29.3 Å². The predicted octanol–water partition coefficient (Wildman–Crippen LogP) is 2.89. The average molecular weight is 386 g/mol. The van der Waals surface area contributed by atoms with Crippen molar-refractivity contribution in [3.8, 4) is 0 Å². The van der Waals surface area contributed by atoms with Crippen molar-refractivity contribution in [1.29, 1.82) is 0 Å². The Morgan fingerprint density at radius 3 is 2.46 bits per heavy atom. The summed E-state index contributed by atoms with van der Waals surface area (Å²) in [6, 6.07) is 8.64. The molecule has 2 aromatic rings. The molecule has 0 N–H and O–H groups in total. The molecular formula is C16H17Cl2N3O2S. The number of aromatic nitrogens is 1. The van der Waals surface area contributed by atoms with Gasteiger partial charge in [-0.2, -0.15) is 4.31 Å². The Labute approximate surface area is 151 Å². The van der Waals surface area contributed by atoms with Crippen molar-refractivity contribution in [2.45, 2.75) is 11.4 Å². The van der Waals surface area contributed by atoms with E-state index in [0.717, 1.165) is 5.56 Å². The molecule has 0 aliphatic carbocycles. The first-order valence-corrected chi connectivity index (χ1v) is 9.73. The van der Waals surface area contributed by atoms with E-state index in [0.29, 0.717) is 42.8 Å². The van der Waals surface area contributed by atoms with Gasteiger partial charge in [-0.05, 0) is 29.8 Å². The van der Waals surface area contributed by atoms with E-state index >= 15 is 0 Å². The quantitative estimate of drug-likeness (QED) is 0.811. The number of hydrogen-bond acceptors (Lipinski definition) is 4. The normalized spacial score (nSPS) is 17.1. The lowest BCUT2D eigenvalue weighted by molar-refractivity contribution is 0.181. The van der Waals surface area contributed by atoms with Gasteiger partial charge in [-0.15, -0.1) is 0 Å². The van der Waals surface area contributed by atoms with Gasteiger partial charge >= 0.3 is 0 Å². The SMILES string of the molecule is O=S(=O)(c1cccnc1)N1CCN(Cc2ccc(Cl)cc2Cl)CC1. The van der Waals surface area contributed by atoms with E-state index in [2.05, 4.69) is 9.88 Å². The molecule has 0 bridgehead atoms. The van der Waals surface area contributed by atoms with Crippen LogP contribution in [0.15, 0.2) is 47.6 Å². The topological polar surface area (TPSA) is 53.5 Å². The fourth-order valence-corrected chi connectivity index (χ4v) is 4.52. The average Bonchev–Trinajstić information content (AvgIpc) is 2.59. The summed E-state index contributed by atoms with van der Waals surface area (Å²) in [5, 5.41) is 1.24. The van der Waals surface area contributed by atoms with Crippen molar-refractivity contribution in [3.63, 3.8) is 0 Å². The highest BCUT2D eigenvalue weighted by atomic mass is 35.5. The van der Waals surface area contributed by atoms with Crippen LogP contribution in [-0.4, -0.2) is 48.8 Å². The molecule has 1 aromatic carbocycles. The molecule has 0 radical (unpaired) electrons. The zero-order valence-electron chi connectivity index (χ0n) is 12.9. The zero-order chi connectivity index (χ0) is 17.2. The molecule has 0 amide bonds. The van der Waals surface area contributed by atoms with Crippen LogP contribution in [0.5, 0.6) is 0 Å². The van der Waals surface area contributed by atoms with Crippen molar-refractivity contribution < 1.29 is 8.42 Å². The number of halogens is 2. The van der Waals surface area contributed by atoms with E-state index in [9.17, 15) is 8.42 Å². The Morgan fingerprint density at radius 2 is 1.83 bits per heavy atom. The van der Waals surface area contributed by atoms with Crippen LogP contribution in [0.1, 0.15) is 5.56 Å². The minimum Gasteiger partial charge on any atom is -0.296 e. The summed E-state index contributed by atoms with van der Waals surface area (Å²) in [6.07, 6.45) is 2.95. The molecule has 0 saturated carbocycles. The zero-order valence-corrected chi connectivity index (χ0v) is 15.2. The second kappa shape index (κ2) is 7.37. The minimum atomic E-state index is -3.47. The van der Waals surface area contributed by atoms with Crippen LogP contribution < -0.4 is 0 Å². The largest absolute Gasteiger partial charge is 0.296 e. The van der Waals surface area contributed by atoms with Gasteiger partial charge in [0.2, 0.25) is 10.0 Å². The lowest BCUT2D eigenvalue weighted by Crippen LogP contribution is -2.48. The van der Waals surface area contributed by atoms with Gasteiger partial charge in [0, 0.05) is 55.2 Å². The number of hydrogen-bond donors (Lipinski definition) is 0. The number of nitrogens with zero attached hydrogens (tertiary/aromatic N) is 3. The molecule has 1 aromatic heterocycles. The Bertz CT molecular complexity index is 807. The smallest absolute Gasteiger partial charge is 0.244 e. The van der Waals surface area contributed by atoms with Gasteiger partial charge < -0.3 is 0 Å². The van der Waals surface area contributed by atoms with E-state index in [4.69, 9.17) is 23.2 Å². The molecule has 0 unspecified atom stereocenters. The van der Waals surface area contributed by atoms with Crippen molar-refractivity contribution in [2.24, 2.45) is 0 Å². The van der Waals surface area contributed by atoms with Crippen LogP contribution in [0.3, 0.4) is 0 Å². The highest BCUT2D eigenvalue weighted by Gasteiger charge is 2.28. The standard InChI is InChI=1S/C16H17Cl2N3O2S/c17-14-4-3-13(16(18)10-14)12-20-6-8-21(9-7-20)24(22,23)15-2-1-5-19-11-15/h1-5,10-11H,6-9,12H2. The van der Waals surface area contributed by atoms with E-state index in [1.807, 2.05) is 12.1 Å². The van der Waals surface area contributed by atoms with E-state index in [1.54, 1.807) is 24.4 Å². The summed E-state index contributed by atoms with van der Waals surface area (Å²) in [5.74, 6) is 0. The predicted molar refractivity (Wildman–Crippen MR) is 94.7 cm³/mol. The van der Waals surface area contributed by atoms with E-state index < -0.39 is 10.0 Å².